The Morgan fingerprint density at radius 3 is 1.30 bits per heavy atom. The van der Waals surface area contributed by atoms with Crippen molar-refractivity contribution < 1.29 is 0 Å². The van der Waals surface area contributed by atoms with Crippen LogP contribution >= 0.6 is 0 Å². The molecule has 0 amide bonds. The monoisotopic (exact) mass is 688 g/mol. The van der Waals surface area contributed by atoms with Gasteiger partial charge < -0.3 is 0 Å². The van der Waals surface area contributed by atoms with Crippen LogP contribution in [0.1, 0.15) is 49.9 Å². The molecule has 0 saturated carbocycles. The van der Waals surface area contributed by atoms with E-state index in [4.69, 9.17) is 0 Å². The lowest BCUT2D eigenvalue weighted by Gasteiger charge is -2.25. The lowest BCUT2D eigenvalue weighted by atomic mass is 9.78. The van der Waals surface area contributed by atoms with E-state index >= 15 is 0 Å². The van der Waals surface area contributed by atoms with E-state index < -0.39 is 0 Å². The lowest BCUT2D eigenvalue weighted by molar-refractivity contribution is 0.661. The fourth-order valence-electron chi connectivity index (χ4n) is 10.1. The van der Waals surface area contributed by atoms with Gasteiger partial charge in [-0.25, -0.2) is 0 Å². The summed E-state index contributed by atoms with van der Waals surface area (Å²) in [5.74, 6) is 0. The first-order valence-electron chi connectivity index (χ1n) is 19.3. The molecule has 2 aliphatic rings. The molecule has 0 heterocycles. The number of rotatable bonds is 3. The molecular formula is C54H40. The van der Waals surface area contributed by atoms with E-state index in [0.717, 1.165) is 0 Å². The van der Waals surface area contributed by atoms with Gasteiger partial charge in [-0.15, -0.1) is 0 Å². The molecule has 0 N–H and O–H groups in total. The summed E-state index contributed by atoms with van der Waals surface area (Å²) in [7, 11) is 0. The Balaban J connectivity index is 1.28. The van der Waals surface area contributed by atoms with Crippen molar-refractivity contribution in [2.45, 2.75) is 38.5 Å². The van der Waals surface area contributed by atoms with Crippen molar-refractivity contribution in [3.63, 3.8) is 0 Å². The van der Waals surface area contributed by atoms with E-state index in [1.807, 2.05) is 0 Å². The first-order chi connectivity index (χ1) is 26.3. The molecule has 0 aliphatic heterocycles. The van der Waals surface area contributed by atoms with Gasteiger partial charge in [0.1, 0.15) is 0 Å². The Bertz CT molecular complexity index is 2880. The zero-order valence-electron chi connectivity index (χ0n) is 31.2. The number of benzene rings is 9. The van der Waals surface area contributed by atoms with Crippen LogP contribution in [0.3, 0.4) is 0 Å². The van der Waals surface area contributed by atoms with Gasteiger partial charge in [0.2, 0.25) is 0 Å². The molecule has 0 bridgehead atoms. The molecule has 0 heteroatoms. The topological polar surface area (TPSA) is 0 Å². The van der Waals surface area contributed by atoms with Crippen molar-refractivity contribution >= 4 is 32.3 Å². The average Bonchev–Trinajstić information content (AvgIpc) is 3.57. The van der Waals surface area contributed by atoms with Crippen molar-refractivity contribution in [3.05, 3.63) is 192 Å². The Morgan fingerprint density at radius 1 is 0.278 bits per heavy atom. The highest BCUT2D eigenvalue weighted by Gasteiger charge is 2.38. The zero-order valence-corrected chi connectivity index (χ0v) is 31.2. The van der Waals surface area contributed by atoms with Crippen molar-refractivity contribution in [2.75, 3.05) is 0 Å². The molecule has 9 aromatic carbocycles. The highest BCUT2D eigenvalue weighted by atomic mass is 14.4. The largest absolute Gasteiger partial charge is 0.0622 e. The van der Waals surface area contributed by atoms with E-state index in [-0.39, 0.29) is 10.8 Å². The smallest absolute Gasteiger partial charge is 0.0159 e. The maximum atomic E-state index is 2.55. The second-order valence-corrected chi connectivity index (χ2v) is 16.4. The molecule has 0 aromatic heterocycles. The van der Waals surface area contributed by atoms with Crippen LogP contribution in [-0.2, 0) is 10.8 Å². The molecule has 0 fully saturated rings. The predicted molar refractivity (Wildman–Crippen MR) is 230 cm³/mol. The fraction of sp³-hybridized carbons (Fsp3) is 0.111. The van der Waals surface area contributed by atoms with Gasteiger partial charge >= 0.3 is 0 Å². The van der Waals surface area contributed by atoms with Crippen molar-refractivity contribution in [3.8, 4) is 55.6 Å². The second kappa shape index (κ2) is 11.1. The van der Waals surface area contributed by atoms with Crippen molar-refractivity contribution in [1.82, 2.24) is 0 Å². The summed E-state index contributed by atoms with van der Waals surface area (Å²) < 4.78 is 0. The van der Waals surface area contributed by atoms with Crippen LogP contribution in [0.25, 0.3) is 88.0 Å². The minimum Gasteiger partial charge on any atom is -0.0622 e. The highest BCUT2D eigenvalue weighted by Crippen LogP contribution is 2.56. The summed E-state index contributed by atoms with van der Waals surface area (Å²) in [6, 6.07) is 64.1. The van der Waals surface area contributed by atoms with Crippen LogP contribution < -0.4 is 0 Å². The molecule has 0 nitrogen and oxygen atoms in total. The lowest BCUT2D eigenvalue weighted by Crippen LogP contribution is -2.15. The Morgan fingerprint density at radius 2 is 0.704 bits per heavy atom. The normalized spacial score (nSPS) is 14.6. The zero-order chi connectivity index (χ0) is 36.3. The molecule has 9 aromatic rings. The molecule has 11 rings (SSSR count). The van der Waals surface area contributed by atoms with Gasteiger partial charge in [-0.3, -0.25) is 0 Å². The van der Waals surface area contributed by atoms with Crippen LogP contribution in [-0.4, -0.2) is 0 Å². The summed E-state index contributed by atoms with van der Waals surface area (Å²) in [6.45, 7) is 9.58. The second-order valence-electron chi connectivity index (χ2n) is 16.4. The van der Waals surface area contributed by atoms with Gasteiger partial charge in [0.05, 0.1) is 0 Å². The van der Waals surface area contributed by atoms with E-state index in [1.165, 1.54) is 110 Å². The van der Waals surface area contributed by atoms with Crippen molar-refractivity contribution in [1.29, 1.82) is 0 Å². The molecule has 2 aliphatic carbocycles. The molecule has 256 valence electrons. The number of fused-ring (bicyclic) bond motifs is 9. The van der Waals surface area contributed by atoms with Gasteiger partial charge in [0, 0.05) is 10.8 Å². The highest BCUT2D eigenvalue weighted by molar-refractivity contribution is 6.23. The first kappa shape index (κ1) is 31.3. The van der Waals surface area contributed by atoms with Gasteiger partial charge in [-0.1, -0.05) is 173 Å². The predicted octanol–water partition coefficient (Wildman–Crippen LogP) is 14.8. The maximum absolute atomic E-state index is 2.55. The summed E-state index contributed by atoms with van der Waals surface area (Å²) in [4.78, 5) is 0. The third-order valence-corrected chi connectivity index (χ3v) is 12.9. The molecule has 0 radical (unpaired) electrons. The molecule has 0 saturated heterocycles. The third kappa shape index (κ3) is 4.26. The van der Waals surface area contributed by atoms with E-state index in [2.05, 4.69) is 198 Å². The average molecular weight is 689 g/mol. The first-order valence-corrected chi connectivity index (χ1v) is 19.3. The number of hydrogen-bond donors (Lipinski definition) is 0. The maximum Gasteiger partial charge on any atom is 0.0159 e. The van der Waals surface area contributed by atoms with Crippen LogP contribution in [0.5, 0.6) is 0 Å². The van der Waals surface area contributed by atoms with Crippen LogP contribution in [0.2, 0.25) is 0 Å². The molecule has 0 unspecified atom stereocenters. The van der Waals surface area contributed by atoms with E-state index in [9.17, 15) is 0 Å². The molecule has 54 heavy (non-hydrogen) atoms. The summed E-state index contributed by atoms with van der Waals surface area (Å²) >= 11 is 0. The van der Waals surface area contributed by atoms with Crippen LogP contribution in [0.4, 0.5) is 0 Å². The molecule has 0 atom stereocenters. The Labute approximate surface area is 317 Å². The van der Waals surface area contributed by atoms with Gasteiger partial charge in [-0.2, -0.15) is 0 Å². The quantitative estimate of drug-likeness (QED) is 0.162. The van der Waals surface area contributed by atoms with Gasteiger partial charge in [-0.05, 0) is 134 Å². The van der Waals surface area contributed by atoms with Crippen molar-refractivity contribution in [2.24, 2.45) is 0 Å². The number of hydrogen-bond acceptors (Lipinski definition) is 0. The third-order valence-electron chi connectivity index (χ3n) is 12.9. The van der Waals surface area contributed by atoms with Gasteiger partial charge in [0.15, 0.2) is 0 Å². The SMILES string of the molecule is CC1(C)c2ccccc2-c2cc3c(-c4ccc(-c5cccc6ccccc56)cc4)c4cc5c(cc4c(-c4ccccc4)c3cc21)C(C)(C)c1ccccc1-5. The van der Waals surface area contributed by atoms with E-state index in [0.29, 0.717) is 0 Å². The standard InChI is InChI=1S/C54H40/c1-53(2)47-23-12-10-20-39(47)41-29-43-45(31-49(41)53)51(35-16-6-5-7-17-35)46-32-50-42(40-21-11-13-24-48(40)54(50,3)4)30-44(46)52(43)36-27-25-34(26-28-36)38-22-14-18-33-15-8-9-19-37(33)38/h5-32H,1-4H3. The van der Waals surface area contributed by atoms with Crippen LogP contribution in [0, 0.1) is 0 Å². The van der Waals surface area contributed by atoms with Gasteiger partial charge in [0.25, 0.3) is 0 Å². The summed E-state index contributed by atoms with van der Waals surface area (Å²) in [5.41, 5.74) is 18.4. The summed E-state index contributed by atoms with van der Waals surface area (Å²) in [6.07, 6.45) is 0. The summed E-state index contributed by atoms with van der Waals surface area (Å²) in [5, 5.41) is 7.78. The van der Waals surface area contributed by atoms with Crippen LogP contribution in [0.15, 0.2) is 170 Å². The minimum absolute atomic E-state index is 0.106. The minimum atomic E-state index is -0.106. The van der Waals surface area contributed by atoms with E-state index in [1.54, 1.807) is 0 Å². The Kier molecular flexibility index (Phi) is 6.46. The molecule has 0 spiro atoms. The fourth-order valence-corrected chi connectivity index (χ4v) is 10.1. The molecular weight excluding hydrogens is 649 g/mol. The Hall–Kier alpha value is -6.24.